The van der Waals surface area contributed by atoms with Crippen LogP contribution in [0, 0.1) is 0 Å². The number of nitrogens with two attached hydrogens (primary N) is 2. The lowest BCUT2D eigenvalue weighted by Crippen LogP contribution is -2.41. The van der Waals surface area contributed by atoms with Gasteiger partial charge in [0.2, 0.25) is 0 Å². The highest BCUT2D eigenvalue weighted by atomic mass is 16.5. The zero-order valence-corrected chi connectivity index (χ0v) is 15.9. The average molecular weight is 368 g/mol. The zero-order valence-electron chi connectivity index (χ0n) is 15.9. The van der Waals surface area contributed by atoms with E-state index in [1.807, 2.05) is 50.2 Å². The van der Waals surface area contributed by atoms with E-state index in [1.54, 1.807) is 0 Å². The van der Waals surface area contributed by atoms with E-state index >= 15 is 0 Å². The molecule has 2 aromatic rings. The van der Waals surface area contributed by atoms with Crippen LogP contribution in [0.2, 0.25) is 0 Å². The van der Waals surface area contributed by atoms with Crippen LogP contribution < -0.4 is 32.1 Å². The summed E-state index contributed by atoms with van der Waals surface area (Å²) in [7, 11) is 0. The number of hydrazone groups is 1. The first-order chi connectivity index (χ1) is 13.3. The molecule has 2 aromatic carbocycles. The number of nitrogens with zero attached hydrogens (tertiary/aromatic N) is 2. The highest BCUT2D eigenvalue weighted by Crippen LogP contribution is 2.48. The molecule has 1 saturated heterocycles. The van der Waals surface area contributed by atoms with Crippen molar-refractivity contribution in [3.05, 3.63) is 48.0 Å². The first kappa shape index (κ1) is 19.0. The zero-order chi connectivity index (χ0) is 19.2. The van der Waals surface area contributed by atoms with Crippen molar-refractivity contribution in [2.24, 2.45) is 16.8 Å². The monoisotopic (exact) mass is 368 g/mol. The molecule has 0 spiro atoms. The van der Waals surface area contributed by atoms with Crippen LogP contribution >= 0.6 is 0 Å². The molecule has 2 aliphatic rings. The van der Waals surface area contributed by atoms with Crippen LogP contribution in [0.3, 0.4) is 0 Å². The number of fused-ring (bicyclic) bond motifs is 2. The summed E-state index contributed by atoms with van der Waals surface area (Å²) < 4.78 is 6.16. The first-order valence-corrected chi connectivity index (χ1v) is 9.47. The van der Waals surface area contributed by atoms with E-state index in [0.29, 0.717) is 11.9 Å². The molecule has 2 heterocycles. The number of hydrogen-bond donors (Lipinski definition) is 4. The minimum absolute atomic E-state index is 0.415. The molecular formula is C20H28N6O. The van der Waals surface area contributed by atoms with E-state index < -0.39 is 0 Å². The SMILES string of the molecule is CC.N/N=C(\NN)c1ccc2c(c1)Oc1ccccc1N2C1CCNCC1. The van der Waals surface area contributed by atoms with Gasteiger partial charge in [-0.25, -0.2) is 5.84 Å². The number of para-hydroxylation sites is 2. The maximum absolute atomic E-state index is 6.16. The lowest BCUT2D eigenvalue weighted by Gasteiger charge is -2.40. The van der Waals surface area contributed by atoms with Gasteiger partial charge in [0.1, 0.15) is 0 Å². The van der Waals surface area contributed by atoms with Gasteiger partial charge in [-0.3, -0.25) is 0 Å². The molecular weight excluding hydrogens is 340 g/mol. The number of piperidine rings is 1. The Morgan fingerprint density at radius 1 is 1.11 bits per heavy atom. The topological polar surface area (TPSA) is 101 Å². The lowest BCUT2D eigenvalue weighted by molar-refractivity contribution is 0.426. The molecule has 27 heavy (non-hydrogen) atoms. The van der Waals surface area contributed by atoms with E-state index in [-0.39, 0.29) is 0 Å². The predicted octanol–water partition coefficient (Wildman–Crippen LogP) is 2.79. The van der Waals surface area contributed by atoms with Crippen LogP contribution in [0.5, 0.6) is 11.5 Å². The number of nitrogens with one attached hydrogen (secondary N) is 2. The largest absolute Gasteiger partial charge is 0.453 e. The second-order valence-electron chi connectivity index (χ2n) is 6.23. The molecule has 2 aliphatic heterocycles. The Morgan fingerprint density at radius 3 is 2.52 bits per heavy atom. The normalized spacial score (nSPS) is 16.4. The van der Waals surface area contributed by atoms with Crippen LogP contribution in [0.4, 0.5) is 11.4 Å². The predicted molar refractivity (Wildman–Crippen MR) is 110 cm³/mol. The van der Waals surface area contributed by atoms with Gasteiger partial charge in [-0.2, -0.15) is 5.10 Å². The highest BCUT2D eigenvalue weighted by molar-refractivity contribution is 5.99. The van der Waals surface area contributed by atoms with Crippen LogP contribution in [-0.2, 0) is 0 Å². The van der Waals surface area contributed by atoms with Gasteiger partial charge < -0.3 is 26.2 Å². The summed E-state index contributed by atoms with van der Waals surface area (Å²) in [6.07, 6.45) is 2.19. The molecule has 0 unspecified atom stereocenters. The average Bonchev–Trinajstić information content (AvgIpc) is 2.75. The maximum Gasteiger partial charge on any atom is 0.166 e. The molecule has 144 valence electrons. The van der Waals surface area contributed by atoms with Crippen LogP contribution in [0.15, 0.2) is 47.6 Å². The van der Waals surface area contributed by atoms with Gasteiger partial charge in [-0.05, 0) is 56.3 Å². The highest BCUT2D eigenvalue weighted by Gasteiger charge is 2.31. The van der Waals surface area contributed by atoms with E-state index in [2.05, 4.69) is 26.8 Å². The van der Waals surface area contributed by atoms with Crippen molar-refractivity contribution < 1.29 is 4.74 Å². The molecule has 0 aliphatic carbocycles. The number of hydrogen-bond acceptors (Lipinski definition) is 6. The molecule has 7 heteroatoms. The summed E-state index contributed by atoms with van der Waals surface area (Å²) in [5, 5.41) is 7.11. The van der Waals surface area contributed by atoms with Gasteiger partial charge in [0, 0.05) is 11.6 Å². The Hall–Kier alpha value is -2.77. The smallest absolute Gasteiger partial charge is 0.166 e. The Balaban J connectivity index is 0.00000102. The lowest BCUT2D eigenvalue weighted by atomic mass is 10.0. The van der Waals surface area contributed by atoms with Gasteiger partial charge in [-0.1, -0.05) is 26.0 Å². The quantitative estimate of drug-likeness (QED) is 0.281. The molecule has 0 amide bonds. The number of benzene rings is 2. The summed E-state index contributed by atoms with van der Waals surface area (Å²) in [6, 6.07) is 14.5. The third-order valence-electron chi connectivity index (χ3n) is 4.78. The number of rotatable bonds is 2. The van der Waals surface area contributed by atoms with Crippen molar-refractivity contribution in [3.63, 3.8) is 0 Å². The van der Waals surface area contributed by atoms with E-state index in [0.717, 1.165) is 54.4 Å². The fraction of sp³-hybridized carbons (Fsp3) is 0.350. The van der Waals surface area contributed by atoms with Crippen LogP contribution in [0.1, 0.15) is 32.3 Å². The van der Waals surface area contributed by atoms with Crippen molar-refractivity contribution in [2.75, 3.05) is 18.0 Å². The summed E-state index contributed by atoms with van der Waals surface area (Å²) in [4.78, 5) is 2.40. The first-order valence-electron chi connectivity index (χ1n) is 9.47. The van der Waals surface area contributed by atoms with Gasteiger partial charge in [0.25, 0.3) is 0 Å². The third kappa shape index (κ3) is 3.70. The summed E-state index contributed by atoms with van der Waals surface area (Å²) in [6.45, 7) is 6.05. The molecule has 6 N–H and O–H groups in total. The van der Waals surface area contributed by atoms with Crippen molar-refractivity contribution in [1.29, 1.82) is 0 Å². The fourth-order valence-corrected chi connectivity index (χ4v) is 3.59. The summed E-state index contributed by atoms with van der Waals surface area (Å²) in [5.41, 5.74) is 5.47. The van der Waals surface area contributed by atoms with Gasteiger partial charge in [0.05, 0.1) is 11.4 Å². The van der Waals surface area contributed by atoms with Crippen molar-refractivity contribution in [2.45, 2.75) is 32.7 Å². The summed E-state index contributed by atoms with van der Waals surface area (Å²) in [5.74, 6) is 13.0. The van der Waals surface area contributed by atoms with Crippen molar-refractivity contribution >= 4 is 17.2 Å². The van der Waals surface area contributed by atoms with Crippen molar-refractivity contribution in [1.82, 2.24) is 10.7 Å². The minimum atomic E-state index is 0.415. The molecule has 4 rings (SSSR count). The maximum atomic E-state index is 6.16. The standard InChI is InChI=1S/C18H22N6O.C2H6/c19-22-18(23-20)12-5-6-15-17(11-12)25-16-4-2-1-3-14(16)24(15)13-7-9-21-10-8-13;1-2/h1-6,11,13,21H,7-10,19-20H2,(H,22,23);1-2H3. The minimum Gasteiger partial charge on any atom is -0.453 e. The summed E-state index contributed by atoms with van der Waals surface area (Å²) >= 11 is 0. The second kappa shape index (κ2) is 8.75. The van der Waals surface area contributed by atoms with E-state index in [1.165, 1.54) is 0 Å². The molecule has 0 saturated carbocycles. The third-order valence-corrected chi connectivity index (χ3v) is 4.78. The van der Waals surface area contributed by atoms with Crippen molar-refractivity contribution in [3.8, 4) is 11.5 Å². The number of hydrazine groups is 1. The molecule has 7 nitrogen and oxygen atoms in total. The van der Waals surface area contributed by atoms with Gasteiger partial charge in [-0.15, -0.1) is 0 Å². The van der Waals surface area contributed by atoms with Crippen LogP contribution in [0.25, 0.3) is 0 Å². The number of anilines is 2. The number of ether oxygens (including phenoxy) is 1. The van der Waals surface area contributed by atoms with E-state index in [4.69, 9.17) is 16.4 Å². The van der Waals surface area contributed by atoms with Gasteiger partial charge >= 0.3 is 0 Å². The molecule has 0 atom stereocenters. The fourth-order valence-electron chi connectivity index (χ4n) is 3.59. The Labute approximate surface area is 160 Å². The van der Waals surface area contributed by atoms with Gasteiger partial charge in [0.15, 0.2) is 17.3 Å². The molecule has 0 bridgehead atoms. The molecule has 1 fully saturated rings. The second-order valence-corrected chi connectivity index (χ2v) is 6.23. The Morgan fingerprint density at radius 2 is 1.81 bits per heavy atom. The van der Waals surface area contributed by atoms with E-state index in [9.17, 15) is 0 Å². The van der Waals surface area contributed by atoms with Crippen LogP contribution in [-0.4, -0.2) is 25.0 Å². The number of amidine groups is 1. The molecule has 0 aromatic heterocycles. The molecule has 0 radical (unpaired) electrons. The Kier molecular flexibility index (Phi) is 6.16. The Bertz CT molecular complexity index is 801.